The van der Waals surface area contributed by atoms with Gasteiger partial charge in [0.1, 0.15) is 16.9 Å². The summed E-state index contributed by atoms with van der Waals surface area (Å²) in [6.07, 6.45) is 11.3. The summed E-state index contributed by atoms with van der Waals surface area (Å²) in [7, 11) is 0. The molecule has 0 saturated heterocycles. The van der Waals surface area contributed by atoms with E-state index in [1.165, 1.54) is 24.0 Å². The predicted octanol–water partition coefficient (Wildman–Crippen LogP) is 6.12. The second-order valence-electron chi connectivity index (χ2n) is 9.36. The van der Waals surface area contributed by atoms with Crippen LogP contribution in [0.15, 0.2) is 60.2 Å². The third kappa shape index (κ3) is 4.78. The van der Waals surface area contributed by atoms with Gasteiger partial charge in [-0.25, -0.2) is 9.97 Å². The van der Waals surface area contributed by atoms with E-state index in [0.717, 1.165) is 55.2 Å². The second-order valence-corrected chi connectivity index (χ2v) is 9.36. The van der Waals surface area contributed by atoms with Crippen LogP contribution in [0, 0.1) is 0 Å². The Hall–Kier alpha value is -3.67. The first-order chi connectivity index (χ1) is 17.2. The Kier molecular flexibility index (Phi) is 6.80. The number of carbonyl (C=O) groups is 1. The van der Waals surface area contributed by atoms with Crippen molar-refractivity contribution in [2.24, 2.45) is 0 Å². The Labute approximate surface area is 206 Å². The van der Waals surface area contributed by atoms with Gasteiger partial charge in [0.2, 0.25) is 0 Å². The van der Waals surface area contributed by atoms with Crippen molar-refractivity contribution in [3.8, 4) is 5.69 Å². The van der Waals surface area contributed by atoms with Crippen molar-refractivity contribution < 1.29 is 4.79 Å². The van der Waals surface area contributed by atoms with Gasteiger partial charge in [0.05, 0.1) is 11.0 Å². The minimum Gasteiger partial charge on any atom is -0.384 e. The standard InChI is InChI=1S/C29H33N5O/c1-2-3-9-21-14-16-22(17-15-21)34-27(30)25(29(35)31-19-18-20-10-5-4-6-11-20)26-28(34)33-24-13-8-7-12-23(24)32-26/h7-8,10,12-17H,2-6,9,11,18-19,30H2,1H3,(H,31,35). The smallest absolute Gasteiger partial charge is 0.257 e. The molecule has 0 fully saturated rings. The van der Waals surface area contributed by atoms with Crippen molar-refractivity contribution in [2.75, 3.05) is 12.3 Å². The van der Waals surface area contributed by atoms with Crippen molar-refractivity contribution in [1.29, 1.82) is 0 Å². The summed E-state index contributed by atoms with van der Waals surface area (Å²) in [6, 6.07) is 16.1. The Morgan fingerprint density at radius 3 is 2.51 bits per heavy atom. The summed E-state index contributed by atoms with van der Waals surface area (Å²) in [5, 5.41) is 3.08. The van der Waals surface area contributed by atoms with Gasteiger partial charge in [-0.1, -0.05) is 49.3 Å². The summed E-state index contributed by atoms with van der Waals surface area (Å²) < 4.78 is 1.86. The van der Waals surface area contributed by atoms with Gasteiger partial charge in [0.15, 0.2) is 5.65 Å². The van der Waals surface area contributed by atoms with Crippen LogP contribution in [-0.4, -0.2) is 27.0 Å². The van der Waals surface area contributed by atoms with Gasteiger partial charge in [0.25, 0.3) is 5.91 Å². The maximum absolute atomic E-state index is 13.4. The number of aromatic nitrogens is 3. The summed E-state index contributed by atoms with van der Waals surface area (Å²) in [4.78, 5) is 23.1. The van der Waals surface area contributed by atoms with Crippen LogP contribution in [0.25, 0.3) is 27.9 Å². The molecular weight excluding hydrogens is 434 g/mol. The molecule has 0 spiro atoms. The minimum absolute atomic E-state index is 0.202. The molecule has 1 aliphatic carbocycles. The topological polar surface area (TPSA) is 85.8 Å². The highest BCUT2D eigenvalue weighted by Crippen LogP contribution is 2.31. The Bertz CT molecular complexity index is 1380. The summed E-state index contributed by atoms with van der Waals surface area (Å²) in [6.45, 7) is 2.78. The lowest BCUT2D eigenvalue weighted by Crippen LogP contribution is -2.26. The van der Waals surface area contributed by atoms with Crippen LogP contribution in [0.3, 0.4) is 0 Å². The van der Waals surface area contributed by atoms with Gasteiger partial charge in [-0.05, 0) is 74.8 Å². The Morgan fingerprint density at radius 2 is 1.80 bits per heavy atom. The van der Waals surface area contributed by atoms with Crippen LogP contribution in [-0.2, 0) is 6.42 Å². The molecule has 0 unspecified atom stereocenters. The van der Waals surface area contributed by atoms with Gasteiger partial charge in [-0.3, -0.25) is 9.36 Å². The molecule has 0 radical (unpaired) electrons. The van der Waals surface area contributed by atoms with Gasteiger partial charge in [0, 0.05) is 12.2 Å². The van der Waals surface area contributed by atoms with Crippen molar-refractivity contribution in [1.82, 2.24) is 19.9 Å². The monoisotopic (exact) mass is 467 g/mol. The number of nitrogens with zero attached hydrogens (tertiary/aromatic N) is 3. The van der Waals surface area contributed by atoms with Crippen molar-refractivity contribution in [3.63, 3.8) is 0 Å². The lowest BCUT2D eigenvalue weighted by Gasteiger charge is -2.13. The number of nitrogen functional groups attached to an aromatic ring is 1. The average Bonchev–Trinajstić information content (AvgIpc) is 3.17. The number of benzene rings is 2. The molecule has 1 amide bonds. The number of fused-ring (bicyclic) bond motifs is 2. The first-order valence-electron chi connectivity index (χ1n) is 12.8. The van der Waals surface area contributed by atoms with E-state index in [1.807, 2.05) is 28.8 Å². The number of para-hydroxylation sites is 2. The van der Waals surface area contributed by atoms with Crippen LogP contribution in [0.1, 0.15) is 67.8 Å². The molecule has 180 valence electrons. The van der Waals surface area contributed by atoms with Gasteiger partial charge in [-0.15, -0.1) is 0 Å². The van der Waals surface area contributed by atoms with E-state index >= 15 is 0 Å². The number of rotatable bonds is 8. The molecule has 0 atom stereocenters. The zero-order valence-corrected chi connectivity index (χ0v) is 20.4. The SMILES string of the molecule is CCCCc1ccc(-n2c(N)c(C(=O)NCCC3=CCCCC3)c3nc4ccccc4nc32)cc1. The maximum atomic E-state index is 13.4. The lowest BCUT2D eigenvalue weighted by molar-refractivity contribution is 0.0956. The fourth-order valence-electron chi connectivity index (χ4n) is 4.90. The lowest BCUT2D eigenvalue weighted by atomic mass is 9.97. The van der Waals surface area contributed by atoms with Crippen molar-refractivity contribution in [2.45, 2.75) is 58.3 Å². The molecule has 2 aromatic heterocycles. The number of hydrogen-bond donors (Lipinski definition) is 2. The van der Waals surface area contributed by atoms with E-state index in [1.54, 1.807) is 0 Å². The van der Waals surface area contributed by atoms with E-state index in [9.17, 15) is 4.79 Å². The molecule has 6 nitrogen and oxygen atoms in total. The van der Waals surface area contributed by atoms with Gasteiger partial charge >= 0.3 is 0 Å². The number of allylic oxidation sites excluding steroid dienone is 1. The first-order valence-corrected chi connectivity index (χ1v) is 12.8. The largest absolute Gasteiger partial charge is 0.384 e. The molecule has 6 heteroatoms. The number of nitrogens with one attached hydrogen (secondary N) is 1. The number of amides is 1. The number of unbranched alkanes of at least 4 members (excludes halogenated alkanes) is 1. The highest BCUT2D eigenvalue weighted by molar-refractivity contribution is 6.11. The maximum Gasteiger partial charge on any atom is 0.257 e. The minimum atomic E-state index is -0.202. The van der Waals surface area contributed by atoms with Crippen LogP contribution in [0.5, 0.6) is 0 Å². The molecule has 4 aromatic rings. The zero-order valence-electron chi connectivity index (χ0n) is 20.4. The number of nitrogens with two attached hydrogens (primary N) is 1. The number of carbonyl (C=O) groups excluding carboxylic acids is 1. The average molecular weight is 468 g/mol. The summed E-state index contributed by atoms with van der Waals surface area (Å²) >= 11 is 0. The molecule has 35 heavy (non-hydrogen) atoms. The van der Waals surface area contributed by atoms with E-state index in [-0.39, 0.29) is 5.91 Å². The molecule has 0 aliphatic heterocycles. The van der Waals surface area contributed by atoms with E-state index in [2.05, 4.69) is 42.6 Å². The summed E-state index contributed by atoms with van der Waals surface area (Å²) in [5.41, 5.74) is 13.3. The molecule has 5 rings (SSSR count). The van der Waals surface area contributed by atoms with E-state index in [4.69, 9.17) is 15.7 Å². The quantitative estimate of drug-likeness (QED) is 0.306. The normalized spacial score (nSPS) is 13.8. The predicted molar refractivity (Wildman–Crippen MR) is 143 cm³/mol. The first kappa shape index (κ1) is 23.1. The molecule has 0 saturated carbocycles. The Morgan fingerprint density at radius 1 is 1.03 bits per heavy atom. The molecule has 0 bridgehead atoms. The number of aryl methyl sites for hydroxylation is 1. The fourth-order valence-corrected chi connectivity index (χ4v) is 4.90. The number of anilines is 1. The van der Waals surface area contributed by atoms with Crippen molar-refractivity contribution >= 4 is 33.9 Å². The Balaban J connectivity index is 1.52. The zero-order chi connectivity index (χ0) is 24.2. The molecular formula is C29H33N5O. The third-order valence-corrected chi connectivity index (χ3v) is 6.86. The van der Waals surface area contributed by atoms with E-state index < -0.39 is 0 Å². The fraction of sp³-hybridized carbons (Fsp3) is 0.345. The molecule has 1 aliphatic rings. The van der Waals surface area contributed by atoms with Gasteiger partial charge < -0.3 is 11.1 Å². The third-order valence-electron chi connectivity index (χ3n) is 6.86. The van der Waals surface area contributed by atoms with E-state index in [0.29, 0.717) is 29.1 Å². The van der Waals surface area contributed by atoms with Crippen LogP contribution in [0.4, 0.5) is 5.82 Å². The van der Waals surface area contributed by atoms with Crippen LogP contribution < -0.4 is 11.1 Å². The highest BCUT2D eigenvalue weighted by atomic mass is 16.1. The van der Waals surface area contributed by atoms with Crippen LogP contribution in [0.2, 0.25) is 0 Å². The molecule has 3 N–H and O–H groups in total. The molecule has 2 heterocycles. The van der Waals surface area contributed by atoms with Crippen LogP contribution >= 0.6 is 0 Å². The second kappa shape index (κ2) is 10.3. The summed E-state index contributed by atoms with van der Waals surface area (Å²) in [5.74, 6) is 0.165. The highest BCUT2D eigenvalue weighted by Gasteiger charge is 2.24. The number of hydrogen-bond acceptors (Lipinski definition) is 4. The van der Waals surface area contributed by atoms with Crippen molar-refractivity contribution in [3.05, 3.63) is 71.3 Å². The molecule has 2 aromatic carbocycles. The van der Waals surface area contributed by atoms with Gasteiger partial charge in [-0.2, -0.15) is 0 Å².